The second kappa shape index (κ2) is 8.15. The van der Waals surface area contributed by atoms with E-state index < -0.39 is 6.03 Å². The Labute approximate surface area is 115 Å². The molecule has 0 radical (unpaired) electrons. The summed E-state index contributed by atoms with van der Waals surface area (Å²) in [5.41, 5.74) is 0. The molecule has 2 atom stereocenters. The van der Waals surface area contributed by atoms with Gasteiger partial charge in [0.15, 0.2) is 0 Å². The largest absolute Gasteiger partial charge is 0.338 e. The summed E-state index contributed by atoms with van der Waals surface area (Å²) in [7, 11) is 0. The molecule has 1 unspecified atom stereocenters. The van der Waals surface area contributed by atoms with Gasteiger partial charge in [-0.2, -0.15) is 0 Å². The van der Waals surface area contributed by atoms with Crippen molar-refractivity contribution in [3.05, 3.63) is 0 Å². The first-order valence-electron chi connectivity index (χ1n) is 7.39. The number of carbonyl (C=O) groups is 2. The normalized spacial score (nSPS) is 19.5. The van der Waals surface area contributed by atoms with Gasteiger partial charge in [-0.3, -0.25) is 10.1 Å². The van der Waals surface area contributed by atoms with Crippen LogP contribution in [-0.4, -0.2) is 30.6 Å². The fourth-order valence-electron chi connectivity index (χ4n) is 2.67. The molecule has 110 valence electrons. The van der Waals surface area contributed by atoms with Gasteiger partial charge >= 0.3 is 6.03 Å². The summed E-state index contributed by atoms with van der Waals surface area (Å²) in [6.07, 6.45) is 6.38. The van der Waals surface area contributed by atoms with Crippen LogP contribution >= 0.6 is 0 Å². The fourth-order valence-corrected chi connectivity index (χ4v) is 2.67. The first kappa shape index (κ1) is 16.0. The van der Waals surface area contributed by atoms with Crippen molar-refractivity contribution < 1.29 is 9.59 Å². The number of hydrogen-bond acceptors (Lipinski definition) is 3. The van der Waals surface area contributed by atoms with Crippen molar-refractivity contribution in [1.29, 1.82) is 0 Å². The SMILES string of the molecule is CCNC(=O)NC(=O)C(C)N[C@@H](C)C1CCCCC1. The number of carbonyl (C=O) groups excluding carboxylic acids is 2. The monoisotopic (exact) mass is 269 g/mol. The second-order valence-corrected chi connectivity index (χ2v) is 5.42. The molecule has 0 saturated heterocycles. The van der Waals surface area contributed by atoms with Crippen molar-refractivity contribution in [2.45, 2.75) is 65.0 Å². The van der Waals surface area contributed by atoms with Crippen LogP contribution in [0.15, 0.2) is 0 Å². The number of hydrogen-bond donors (Lipinski definition) is 3. The Morgan fingerprint density at radius 2 is 1.79 bits per heavy atom. The van der Waals surface area contributed by atoms with Crippen LogP contribution in [0, 0.1) is 5.92 Å². The lowest BCUT2D eigenvalue weighted by atomic mass is 9.84. The van der Waals surface area contributed by atoms with E-state index in [0.29, 0.717) is 18.5 Å². The molecule has 1 saturated carbocycles. The van der Waals surface area contributed by atoms with E-state index in [9.17, 15) is 9.59 Å². The highest BCUT2D eigenvalue weighted by Crippen LogP contribution is 2.26. The predicted octanol–water partition coefficient (Wildman–Crippen LogP) is 1.78. The molecular formula is C14H27N3O2. The Bertz CT molecular complexity index is 301. The summed E-state index contributed by atoms with van der Waals surface area (Å²) < 4.78 is 0. The molecule has 1 fully saturated rings. The molecule has 0 bridgehead atoms. The van der Waals surface area contributed by atoms with Gasteiger partial charge in [-0.25, -0.2) is 4.79 Å². The Morgan fingerprint density at radius 3 is 2.37 bits per heavy atom. The highest BCUT2D eigenvalue weighted by molar-refractivity contribution is 5.96. The van der Waals surface area contributed by atoms with Gasteiger partial charge in [0.05, 0.1) is 6.04 Å². The lowest BCUT2D eigenvalue weighted by Gasteiger charge is -2.30. The van der Waals surface area contributed by atoms with E-state index in [-0.39, 0.29) is 11.9 Å². The van der Waals surface area contributed by atoms with E-state index in [1.54, 1.807) is 6.92 Å². The molecule has 0 aromatic carbocycles. The van der Waals surface area contributed by atoms with Crippen LogP contribution in [-0.2, 0) is 4.79 Å². The molecule has 19 heavy (non-hydrogen) atoms. The molecule has 0 heterocycles. The second-order valence-electron chi connectivity index (χ2n) is 5.42. The van der Waals surface area contributed by atoms with Crippen molar-refractivity contribution in [3.63, 3.8) is 0 Å². The van der Waals surface area contributed by atoms with Crippen LogP contribution in [0.5, 0.6) is 0 Å². The van der Waals surface area contributed by atoms with Crippen molar-refractivity contribution in [3.8, 4) is 0 Å². The quantitative estimate of drug-likeness (QED) is 0.712. The Balaban J connectivity index is 2.33. The molecule has 3 N–H and O–H groups in total. The average Bonchev–Trinajstić information content (AvgIpc) is 2.39. The average molecular weight is 269 g/mol. The minimum atomic E-state index is -0.425. The molecule has 0 aromatic heterocycles. The third-order valence-electron chi connectivity index (χ3n) is 3.84. The molecule has 0 aromatic rings. The molecule has 1 rings (SSSR count). The van der Waals surface area contributed by atoms with Crippen molar-refractivity contribution in [2.75, 3.05) is 6.54 Å². The van der Waals surface area contributed by atoms with Crippen LogP contribution in [0.1, 0.15) is 52.9 Å². The number of amides is 3. The third kappa shape index (κ3) is 5.59. The van der Waals surface area contributed by atoms with Gasteiger partial charge in [0, 0.05) is 12.6 Å². The van der Waals surface area contributed by atoms with Gasteiger partial charge in [0.2, 0.25) is 5.91 Å². The molecule has 1 aliphatic rings. The lowest BCUT2D eigenvalue weighted by Crippen LogP contribution is -2.51. The summed E-state index contributed by atoms with van der Waals surface area (Å²) in [6.45, 7) is 6.26. The maximum absolute atomic E-state index is 11.8. The van der Waals surface area contributed by atoms with Gasteiger partial charge < -0.3 is 10.6 Å². The Morgan fingerprint density at radius 1 is 1.16 bits per heavy atom. The minimum absolute atomic E-state index is 0.270. The van der Waals surface area contributed by atoms with Gasteiger partial charge in [-0.15, -0.1) is 0 Å². The zero-order valence-electron chi connectivity index (χ0n) is 12.3. The maximum Gasteiger partial charge on any atom is 0.321 e. The highest BCUT2D eigenvalue weighted by atomic mass is 16.2. The van der Waals surface area contributed by atoms with E-state index in [1.807, 2.05) is 6.92 Å². The molecule has 5 heteroatoms. The van der Waals surface area contributed by atoms with Gasteiger partial charge in [0.25, 0.3) is 0 Å². The van der Waals surface area contributed by atoms with E-state index in [2.05, 4.69) is 22.9 Å². The van der Waals surface area contributed by atoms with Gasteiger partial charge in [-0.05, 0) is 39.5 Å². The number of imide groups is 1. The molecule has 5 nitrogen and oxygen atoms in total. The summed E-state index contributed by atoms with van der Waals surface area (Å²) in [5.74, 6) is 0.377. The Hall–Kier alpha value is -1.10. The van der Waals surface area contributed by atoms with Crippen molar-refractivity contribution in [1.82, 2.24) is 16.0 Å². The zero-order chi connectivity index (χ0) is 14.3. The summed E-state index contributed by atoms with van der Waals surface area (Å²) in [6, 6.07) is -0.457. The van der Waals surface area contributed by atoms with E-state index >= 15 is 0 Å². The van der Waals surface area contributed by atoms with Crippen molar-refractivity contribution in [2.24, 2.45) is 5.92 Å². The van der Waals surface area contributed by atoms with Crippen LogP contribution in [0.2, 0.25) is 0 Å². The first-order valence-corrected chi connectivity index (χ1v) is 7.39. The fraction of sp³-hybridized carbons (Fsp3) is 0.857. The van der Waals surface area contributed by atoms with Crippen LogP contribution in [0.25, 0.3) is 0 Å². The standard InChI is InChI=1S/C14H27N3O2/c1-4-15-14(19)17-13(18)11(3)16-10(2)12-8-6-5-7-9-12/h10-12,16H,4-9H2,1-3H3,(H2,15,17,18,19)/t10-,11?/m0/s1. The smallest absolute Gasteiger partial charge is 0.321 e. The molecule has 1 aliphatic carbocycles. The zero-order valence-corrected chi connectivity index (χ0v) is 12.3. The first-order chi connectivity index (χ1) is 9.04. The molecule has 0 spiro atoms. The van der Waals surface area contributed by atoms with Gasteiger partial charge in [-0.1, -0.05) is 19.3 Å². The predicted molar refractivity (Wildman–Crippen MR) is 75.9 cm³/mol. The number of rotatable bonds is 5. The van der Waals surface area contributed by atoms with E-state index in [4.69, 9.17) is 0 Å². The minimum Gasteiger partial charge on any atom is -0.338 e. The van der Waals surface area contributed by atoms with Crippen LogP contribution < -0.4 is 16.0 Å². The highest BCUT2D eigenvalue weighted by Gasteiger charge is 2.23. The van der Waals surface area contributed by atoms with Crippen molar-refractivity contribution >= 4 is 11.9 Å². The van der Waals surface area contributed by atoms with Crippen LogP contribution in [0.4, 0.5) is 4.79 Å². The maximum atomic E-state index is 11.8. The summed E-state index contributed by atoms with van der Waals surface area (Å²) >= 11 is 0. The van der Waals surface area contributed by atoms with E-state index in [0.717, 1.165) is 0 Å². The summed E-state index contributed by atoms with van der Waals surface area (Å²) in [4.78, 5) is 23.1. The number of urea groups is 1. The topological polar surface area (TPSA) is 70.2 Å². The third-order valence-corrected chi connectivity index (χ3v) is 3.84. The molecule has 0 aliphatic heterocycles. The Kier molecular flexibility index (Phi) is 6.84. The van der Waals surface area contributed by atoms with Crippen LogP contribution in [0.3, 0.4) is 0 Å². The molecular weight excluding hydrogens is 242 g/mol. The van der Waals surface area contributed by atoms with Gasteiger partial charge in [0.1, 0.15) is 0 Å². The number of nitrogens with one attached hydrogen (secondary N) is 3. The summed E-state index contributed by atoms with van der Waals surface area (Å²) in [5, 5.41) is 8.19. The lowest BCUT2D eigenvalue weighted by molar-refractivity contribution is -0.121. The van der Waals surface area contributed by atoms with E-state index in [1.165, 1.54) is 32.1 Å². The molecule has 3 amide bonds.